The van der Waals surface area contributed by atoms with Gasteiger partial charge in [0.2, 0.25) is 11.8 Å². The lowest BCUT2D eigenvalue weighted by Crippen LogP contribution is -2.44. The molecule has 3 fully saturated rings. The molecule has 3 amide bonds. The second-order valence-corrected chi connectivity index (χ2v) is 16.3. The van der Waals surface area contributed by atoms with Gasteiger partial charge in [-0.25, -0.2) is 4.79 Å². The first-order valence-corrected chi connectivity index (χ1v) is 19.4. The molecule has 3 N–H and O–H groups in total. The van der Waals surface area contributed by atoms with Crippen molar-refractivity contribution in [2.75, 3.05) is 20.7 Å². The summed E-state index contributed by atoms with van der Waals surface area (Å²) < 4.78 is 24.9. The van der Waals surface area contributed by atoms with E-state index in [1.165, 1.54) is 11.0 Å². The fraction of sp³-hybridized carbons (Fsp3) is 0.512. The molecule has 3 aliphatic carbocycles. The van der Waals surface area contributed by atoms with Crippen molar-refractivity contribution < 1.29 is 48.0 Å². The first-order valence-electron chi connectivity index (χ1n) is 19.4. The highest BCUT2D eigenvalue weighted by Crippen LogP contribution is 2.59. The smallest absolute Gasteiger partial charge is 0.339 e. The molecule has 1 saturated heterocycles. The van der Waals surface area contributed by atoms with Crippen molar-refractivity contribution in [1.29, 1.82) is 0 Å². The summed E-state index contributed by atoms with van der Waals surface area (Å²) >= 11 is 0. The van der Waals surface area contributed by atoms with E-state index in [1.54, 1.807) is 95.5 Å². The summed E-state index contributed by atoms with van der Waals surface area (Å²) in [5.41, 5.74) is 1.55. The predicted molar refractivity (Wildman–Crippen MR) is 206 cm³/mol. The van der Waals surface area contributed by atoms with E-state index in [9.17, 15) is 29.1 Å². The Labute approximate surface area is 327 Å². The second kappa shape index (κ2) is 17.1. The van der Waals surface area contributed by atoms with Crippen LogP contribution in [0.15, 0.2) is 66.3 Å². The average molecular weight is 772 g/mol. The zero-order chi connectivity index (χ0) is 40.2. The van der Waals surface area contributed by atoms with Gasteiger partial charge in [-0.2, -0.15) is 0 Å². The first kappa shape index (κ1) is 40.8. The first-order chi connectivity index (χ1) is 26.7. The van der Waals surface area contributed by atoms with Gasteiger partial charge in [-0.15, -0.1) is 0 Å². The van der Waals surface area contributed by atoms with E-state index in [-0.39, 0.29) is 61.6 Å². The number of aliphatic hydroxyl groups is 1. The minimum atomic E-state index is -0.820. The molecule has 2 aromatic carbocycles. The molecular weight excluding hydrogens is 718 g/mol. The Bertz CT molecular complexity index is 1860. The molecule has 2 saturated carbocycles. The Hall–Kier alpha value is -4.85. The van der Waals surface area contributed by atoms with Gasteiger partial charge in [0.15, 0.2) is 5.79 Å². The zero-order valence-electron chi connectivity index (χ0n) is 32.7. The highest BCUT2D eigenvalue weighted by molar-refractivity contribution is 5.98. The molecule has 0 aromatic heterocycles. The van der Waals surface area contributed by atoms with Gasteiger partial charge in [0, 0.05) is 62.5 Å². The van der Waals surface area contributed by atoms with E-state index in [0.29, 0.717) is 22.3 Å². The number of amides is 3. The number of hydrogen-bond acceptors (Lipinski definition) is 10. The monoisotopic (exact) mass is 771 g/mol. The zero-order valence-corrected chi connectivity index (χ0v) is 32.7. The Morgan fingerprint density at radius 3 is 2.36 bits per heavy atom. The number of nitrogens with zero attached hydrogens (tertiary/aromatic N) is 1. The van der Waals surface area contributed by atoms with Crippen LogP contribution in [-0.4, -0.2) is 96.1 Å². The molecule has 4 unspecified atom stereocenters. The van der Waals surface area contributed by atoms with Gasteiger partial charge in [-0.3, -0.25) is 19.2 Å². The Kier molecular flexibility index (Phi) is 12.5. The van der Waals surface area contributed by atoms with Gasteiger partial charge in [0.05, 0.1) is 18.2 Å². The molecule has 56 heavy (non-hydrogen) atoms. The van der Waals surface area contributed by atoms with Crippen LogP contribution in [0.3, 0.4) is 0 Å². The van der Waals surface area contributed by atoms with Gasteiger partial charge in [0.1, 0.15) is 23.9 Å². The lowest BCUT2D eigenvalue weighted by molar-refractivity contribution is -0.209. The largest absolute Gasteiger partial charge is 0.460 e. The molecular formula is C43H53N3O10. The van der Waals surface area contributed by atoms with E-state index in [4.69, 9.17) is 18.9 Å². The number of nitrogens with one attached hydrogen (secondary N) is 2. The molecule has 1 aliphatic heterocycles. The van der Waals surface area contributed by atoms with Crippen molar-refractivity contribution in [3.05, 3.63) is 88.5 Å². The van der Waals surface area contributed by atoms with Crippen LogP contribution in [-0.2, 0) is 39.9 Å². The summed E-state index contributed by atoms with van der Waals surface area (Å²) in [6, 6.07) is 13.0. The number of benzene rings is 2. The van der Waals surface area contributed by atoms with Crippen molar-refractivity contribution in [1.82, 2.24) is 15.5 Å². The summed E-state index contributed by atoms with van der Waals surface area (Å²) in [5.74, 6) is -2.30. The van der Waals surface area contributed by atoms with Crippen LogP contribution in [0, 0.1) is 11.8 Å². The fourth-order valence-corrected chi connectivity index (χ4v) is 7.19. The highest BCUT2D eigenvalue weighted by Gasteiger charge is 2.64. The third kappa shape index (κ3) is 10.1. The second-order valence-electron chi connectivity index (χ2n) is 16.3. The maximum absolute atomic E-state index is 13.8. The number of carbonyl (C=O) groups is 5. The van der Waals surface area contributed by atoms with Gasteiger partial charge in [0.25, 0.3) is 5.91 Å². The Morgan fingerprint density at radius 2 is 1.70 bits per heavy atom. The van der Waals surface area contributed by atoms with Crippen molar-refractivity contribution in [2.24, 2.45) is 11.8 Å². The number of fused-ring (bicyclic) bond motifs is 1. The number of hydrogen-bond donors (Lipinski definition) is 3. The van der Waals surface area contributed by atoms with Crippen LogP contribution in [0.2, 0.25) is 0 Å². The van der Waals surface area contributed by atoms with Gasteiger partial charge in [-0.05, 0) is 94.4 Å². The molecule has 0 spiro atoms. The third-order valence-corrected chi connectivity index (χ3v) is 10.3. The van der Waals surface area contributed by atoms with Gasteiger partial charge < -0.3 is 39.6 Å². The summed E-state index contributed by atoms with van der Waals surface area (Å²) in [5, 5.41) is 15.6. The lowest BCUT2D eigenvalue weighted by atomic mass is 9.91. The summed E-state index contributed by atoms with van der Waals surface area (Å²) in [6.07, 6.45) is 7.06. The summed E-state index contributed by atoms with van der Waals surface area (Å²) in [7, 11) is 3.29. The fourth-order valence-electron chi connectivity index (χ4n) is 7.19. The molecule has 4 atom stereocenters. The van der Waals surface area contributed by atoms with Crippen molar-refractivity contribution in [2.45, 2.75) is 108 Å². The minimum absolute atomic E-state index is 0.0372. The Balaban J connectivity index is 1.13. The average Bonchev–Trinajstić information content (AvgIpc) is 4.11. The standard InChI is InChI=1S/C43H53N3O10/c1-42(2,3)55-37(49)20-18-32(25-47)45-40(51)28-11-8-9-26(21-28)24-44-39(50)29-22-34(38-35(23-29)54-43(56-38,30-14-15-30)31-16-17-31)53-41(52)33-12-7-6-10-27(33)13-19-36(48)46(4)5/h6-13,19,21,23,30-32,34-35,38,47H,14-18,20,22,24-25H2,1-5H3,(H,44,50)(H,45,51). The molecule has 13 heteroatoms. The van der Waals surface area contributed by atoms with Crippen LogP contribution in [0.4, 0.5) is 0 Å². The van der Waals surface area contributed by atoms with Crippen molar-refractivity contribution in [3.8, 4) is 0 Å². The van der Waals surface area contributed by atoms with Crippen LogP contribution in [0.5, 0.6) is 0 Å². The topological polar surface area (TPSA) is 170 Å². The van der Waals surface area contributed by atoms with E-state index < -0.39 is 53.6 Å². The molecule has 4 aliphatic rings. The molecule has 13 nitrogen and oxygen atoms in total. The summed E-state index contributed by atoms with van der Waals surface area (Å²) in [6.45, 7) is 5.07. The van der Waals surface area contributed by atoms with Gasteiger partial charge in [-0.1, -0.05) is 30.3 Å². The third-order valence-electron chi connectivity index (χ3n) is 10.3. The molecule has 2 aromatic rings. The molecule has 1 heterocycles. The lowest BCUT2D eigenvalue weighted by Gasteiger charge is -2.31. The van der Waals surface area contributed by atoms with Crippen molar-refractivity contribution >= 4 is 35.7 Å². The SMILES string of the molecule is CN(C)C(=O)C=Cc1ccccc1C(=O)OC1CC(C(=O)NCc2cccc(C(=O)NC(CO)CCC(=O)OC(C)(C)C)c2)=CC2OC(C3CC3)(C3CC3)OC21. The maximum Gasteiger partial charge on any atom is 0.339 e. The molecule has 300 valence electrons. The Morgan fingerprint density at radius 1 is 0.982 bits per heavy atom. The minimum Gasteiger partial charge on any atom is -0.460 e. The van der Waals surface area contributed by atoms with E-state index >= 15 is 0 Å². The van der Waals surface area contributed by atoms with Crippen LogP contribution in [0.1, 0.15) is 97.6 Å². The number of rotatable bonds is 15. The maximum atomic E-state index is 13.8. The molecule has 6 rings (SSSR count). The number of likely N-dealkylation sites (N-methyl/N-ethyl adjacent to an activating group) is 1. The van der Waals surface area contributed by atoms with Crippen LogP contribution in [0.25, 0.3) is 6.08 Å². The van der Waals surface area contributed by atoms with Crippen molar-refractivity contribution in [3.63, 3.8) is 0 Å². The summed E-state index contributed by atoms with van der Waals surface area (Å²) in [4.78, 5) is 66.5. The van der Waals surface area contributed by atoms with E-state index in [0.717, 1.165) is 25.7 Å². The quantitative estimate of drug-likeness (QED) is 0.174. The predicted octanol–water partition coefficient (Wildman–Crippen LogP) is 4.47. The van der Waals surface area contributed by atoms with E-state index in [2.05, 4.69) is 10.6 Å². The normalized spacial score (nSPS) is 22.0. The van der Waals surface area contributed by atoms with Gasteiger partial charge >= 0.3 is 11.9 Å². The number of aliphatic hydroxyl groups excluding tert-OH is 1. The van der Waals surface area contributed by atoms with Crippen LogP contribution < -0.4 is 10.6 Å². The van der Waals surface area contributed by atoms with Crippen LogP contribution >= 0.6 is 0 Å². The highest BCUT2D eigenvalue weighted by atomic mass is 16.8. The number of ether oxygens (including phenoxy) is 4. The van der Waals surface area contributed by atoms with E-state index in [1.807, 2.05) is 0 Å². The molecule has 0 bridgehead atoms. The molecule has 0 radical (unpaired) electrons. The number of carbonyl (C=O) groups excluding carboxylic acids is 5. The number of esters is 2.